The number of nitrogen functional groups attached to an aromatic ring is 1. The van der Waals surface area contributed by atoms with Crippen molar-refractivity contribution in [2.24, 2.45) is 0 Å². The average molecular weight is 394 g/mol. The zero-order valence-electron chi connectivity index (χ0n) is 10.3. The average Bonchev–Trinajstić information content (AvgIpc) is 2.81. The van der Waals surface area contributed by atoms with Crippen LogP contribution in [0.5, 0.6) is 0 Å². The van der Waals surface area contributed by atoms with Crippen molar-refractivity contribution in [1.29, 1.82) is 0 Å². The quantitative estimate of drug-likeness (QED) is 0.657. The summed E-state index contributed by atoms with van der Waals surface area (Å²) in [6, 6.07) is 15.8. The van der Waals surface area contributed by atoms with Crippen LogP contribution in [0.1, 0.15) is 0 Å². The Balaban J connectivity index is 2.17. The maximum Gasteiger partial charge on any atom is 0.230 e. The number of hydrogen-bond acceptors (Lipinski definition) is 3. The highest BCUT2D eigenvalue weighted by atomic mass is 79.9. The van der Waals surface area contributed by atoms with Crippen molar-refractivity contribution in [3.63, 3.8) is 0 Å². The molecule has 100 valence electrons. The van der Waals surface area contributed by atoms with Gasteiger partial charge in [-0.3, -0.25) is 0 Å². The Morgan fingerprint density at radius 3 is 2.35 bits per heavy atom. The molecule has 0 bridgehead atoms. The zero-order valence-corrected chi connectivity index (χ0v) is 13.5. The van der Waals surface area contributed by atoms with Gasteiger partial charge in [-0.1, -0.05) is 61.3 Å². The van der Waals surface area contributed by atoms with Crippen molar-refractivity contribution in [1.82, 2.24) is 5.16 Å². The predicted molar refractivity (Wildman–Crippen MR) is 87.2 cm³/mol. The smallest absolute Gasteiger partial charge is 0.230 e. The molecule has 0 unspecified atom stereocenters. The van der Waals surface area contributed by atoms with E-state index in [4.69, 9.17) is 10.3 Å². The summed E-state index contributed by atoms with van der Waals surface area (Å²) in [5, 5.41) is 4.09. The minimum atomic E-state index is 0.320. The fourth-order valence-corrected chi connectivity index (χ4v) is 2.69. The zero-order chi connectivity index (χ0) is 14.1. The molecular weight excluding hydrogens is 384 g/mol. The Kier molecular flexibility index (Phi) is 3.63. The largest absolute Gasteiger partial charge is 0.367 e. The van der Waals surface area contributed by atoms with Crippen LogP contribution in [0.3, 0.4) is 0 Å². The van der Waals surface area contributed by atoms with Crippen LogP contribution in [0, 0.1) is 0 Å². The first-order chi connectivity index (χ1) is 9.65. The molecule has 0 amide bonds. The lowest BCUT2D eigenvalue weighted by Gasteiger charge is -2.03. The van der Waals surface area contributed by atoms with Crippen molar-refractivity contribution in [2.45, 2.75) is 0 Å². The molecule has 0 fully saturated rings. The van der Waals surface area contributed by atoms with Gasteiger partial charge in [0.25, 0.3) is 0 Å². The summed E-state index contributed by atoms with van der Waals surface area (Å²) in [4.78, 5) is 0. The van der Waals surface area contributed by atoms with Gasteiger partial charge in [-0.15, -0.1) is 0 Å². The summed E-state index contributed by atoms with van der Waals surface area (Å²) < 4.78 is 7.17. The molecule has 5 heteroatoms. The summed E-state index contributed by atoms with van der Waals surface area (Å²) in [6.45, 7) is 0. The first-order valence-corrected chi connectivity index (χ1v) is 7.51. The SMILES string of the molecule is Nc1onc(-c2ccc(Br)cc2)c1-c1cccc(Br)c1. The molecule has 0 radical (unpaired) electrons. The first-order valence-electron chi connectivity index (χ1n) is 5.92. The lowest BCUT2D eigenvalue weighted by atomic mass is 10.0. The third kappa shape index (κ3) is 2.51. The molecule has 20 heavy (non-hydrogen) atoms. The van der Waals surface area contributed by atoms with E-state index in [-0.39, 0.29) is 0 Å². The molecule has 0 aliphatic carbocycles. The minimum Gasteiger partial charge on any atom is -0.367 e. The third-order valence-corrected chi connectivity index (χ3v) is 3.97. The van der Waals surface area contributed by atoms with Gasteiger partial charge < -0.3 is 10.3 Å². The van der Waals surface area contributed by atoms with Crippen LogP contribution in [-0.4, -0.2) is 5.16 Å². The second-order valence-corrected chi connectivity index (χ2v) is 6.12. The molecular formula is C15H10Br2N2O. The molecule has 0 aliphatic rings. The molecule has 2 N–H and O–H groups in total. The number of rotatable bonds is 2. The number of halogens is 2. The molecule has 3 nitrogen and oxygen atoms in total. The first kappa shape index (κ1) is 13.4. The number of aromatic nitrogens is 1. The van der Waals surface area contributed by atoms with Crippen LogP contribution >= 0.6 is 31.9 Å². The molecule has 0 aliphatic heterocycles. The minimum absolute atomic E-state index is 0.320. The summed E-state index contributed by atoms with van der Waals surface area (Å²) >= 11 is 6.89. The number of nitrogens with zero attached hydrogens (tertiary/aromatic N) is 1. The van der Waals surface area contributed by atoms with E-state index in [0.717, 1.165) is 31.3 Å². The molecule has 0 saturated carbocycles. The maximum atomic E-state index is 5.94. The number of nitrogens with two attached hydrogens (primary N) is 1. The van der Waals surface area contributed by atoms with Crippen molar-refractivity contribution in [2.75, 3.05) is 5.73 Å². The van der Waals surface area contributed by atoms with Crippen LogP contribution in [-0.2, 0) is 0 Å². The van der Waals surface area contributed by atoms with E-state index in [1.165, 1.54) is 0 Å². The molecule has 0 atom stereocenters. The van der Waals surface area contributed by atoms with Gasteiger partial charge in [-0.2, -0.15) is 0 Å². The molecule has 1 aromatic heterocycles. The Labute approximate surface area is 133 Å². The van der Waals surface area contributed by atoms with Crippen LogP contribution in [0.4, 0.5) is 5.88 Å². The van der Waals surface area contributed by atoms with E-state index in [2.05, 4.69) is 37.0 Å². The molecule has 2 aromatic carbocycles. The predicted octanol–water partition coefficient (Wildman–Crippen LogP) is 5.12. The second-order valence-electron chi connectivity index (χ2n) is 4.29. The van der Waals surface area contributed by atoms with E-state index in [0.29, 0.717) is 5.88 Å². The second kappa shape index (κ2) is 5.42. The number of anilines is 1. The Hall–Kier alpha value is -1.59. The molecule has 0 spiro atoms. The van der Waals surface area contributed by atoms with Gasteiger partial charge in [0.15, 0.2) is 0 Å². The van der Waals surface area contributed by atoms with Gasteiger partial charge >= 0.3 is 0 Å². The summed E-state index contributed by atoms with van der Waals surface area (Å²) in [5.74, 6) is 0.320. The lowest BCUT2D eigenvalue weighted by Crippen LogP contribution is -1.87. The van der Waals surface area contributed by atoms with E-state index in [1.54, 1.807) is 0 Å². The maximum absolute atomic E-state index is 5.94. The normalized spacial score (nSPS) is 10.7. The molecule has 1 heterocycles. The van der Waals surface area contributed by atoms with Crippen molar-refractivity contribution in [3.8, 4) is 22.4 Å². The Bertz CT molecular complexity index is 751. The topological polar surface area (TPSA) is 52.0 Å². The van der Waals surface area contributed by atoms with Crippen molar-refractivity contribution >= 4 is 37.7 Å². The van der Waals surface area contributed by atoms with Gasteiger partial charge in [-0.25, -0.2) is 0 Å². The molecule has 0 saturated heterocycles. The highest BCUT2D eigenvalue weighted by Crippen LogP contribution is 2.37. The molecule has 3 rings (SSSR count). The Morgan fingerprint density at radius 2 is 1.65 bits per heavy atom. The fraction of sp³-hybridized carbons (Fsp3) is 0. The van der Waals surface area contributed by atoms with Crippen LogP contribution in [0.25, 0.3) is 22.4 Å². The molecule has 3 aromatic rings. The standard InChI is InChI=1S/C15H10Br2N2O/c16-11-6-4-9(5-7-11)14-13(15(18)20-19-14)10-2-1-3-12(17)8-10/h1-8H,18H2. The van der Waals surface area contributed by atoms with Gasteiger partial charge in [0.1, 0.15) is 5.69 Å². The number of benzene rings is 2. The van der Waals surface area contributed by atoms with Crippen LogP contribution in [0.15, 0.2) is 62.0 Å². The fourth-order valence-electron chi connectivity index (χ4n) is 2.03. The monoisotopic (exact) mass is 392 g/mol. The van der Waals surface area contributed by atoms with Crippen LogP contribution in [0.2, 0.25) is 0 Å². The van der Waals surface area contributed by atoms with Crippen LogP contribution < -0.4 is 5.73 Å². The van der Waals surface area contributed by atoms with E-state index >= 15 is 0 Å². The van der Waals surface area contributed by atoms with Gasteiger partial charge in [0.2, 0.25) is 5.88 Å². The van der Waals surface area contributed by atoms with Gasteiger partial charge in [0, 0.05) is 14.5 Å². The summed E-state index contributed by atoms with van der Waals surface area (Å²) in [5.41, 5.74) is 9.42. The lowest BCUT2D eigenvalue weighted by molar-refractivity contribution is 0.439. The van der Waals surface area contributed by atoms with Crippen molar-refractivity contribution < 1.29 is 4.52 Å². The van der Waals surface area contributed by atoms with Gasteiger partial charge in [0.05, 0.1) is 5.56 Å². The third-order valence-electron chi connectivity index (χ3n) is 2.95. The summed E-state index contributed by atoms with van der Waals surface area (Å²) in [6.07, 6.45) is 0. The van der Waals surface area contributed by atoms with Gasteiger partial charge in [-0.05, 0) is 29.8 Å². The van der Waals surface area contributed by atoms with E-state index in [1.807, 2.05) is 48.5 Å². The van der Waals surface area contributed by atoms with E-state index in [9.17, 15) is 0 Å². The number of hydrogen-bond donors (Lipinski definition) is 1. The van der Waals surface area contributed by atoms with Crippen molar-refractivity contribution in [3.05, 3.63) is 57.5 Å². The van der Waals surface area contributed by atoms with E-state index < -0.39 is 0 Å². The highest BCUT2D eigenvalue weighted by Gasteiger charge is 2.17. The summed E-state index contributed by atoms with van der Waals surface area (Å²) in [7, 11) is 0. The Morgan fingerprint density at radius 1 is 0.900 bits per heavy atom. The highest BCUT2D eigenvalue weighted by molar-refractivity contribution is 9.10.